The lowest BCUT2D eigenvalue weighted by Gasteiger charge is -2.07. The SMILES string of the molecule is C=CCNC(=S)NN=Cc1ccc(OCc2ccc(Cl)cc2)cc1. The molecule has 0 saturated carbocycles. The van der Waals surface area contributed by atoms with E-state index >= 15 is 0 Å². The Kier molecular flexibility index (Phi) is 7.26. The van der Waals surface area contributed by atoms with Gasteiger partial charge in [-0.15, -0.1) is 6.58 Å². The van der Waals surface area contributed by atoms with Crippen molar-refractivity contribution in [1.82, 2.24) is 10.7 Å². The van der Waals surface area contributed by atoms with Gasteiger partial charge in [0, 0.05) is 11.6 Å². The van der Waals surface area contributed by atoms with Crippen LogP contribution >= 0.6 is 23.8 Å². The highest BCUT2D eigenvalue weighted by Crippen LogP contribution is 2.15. The number of rotatable bonds is 7. The number of thiocarbonyl (C=S) groups is 1. The van der Waals surface area contributed by atoms with Gasteiger partial charge in [0.2, 0.25) is 0 Å². The fraction of sp³-hybridized carbons (Fsp3) is 0.111. The Morgan fingerprint density at radius 1 is 1.17 bits per heavy atom. The first kappa shape index (κ1) is 18.0. The number of hydrogen-bond acceptors (Lipinski definition) is 3. The first-order chi connectivity index (χ1) is 11.7. The Morgan fingerprint density at radius 2 is 1.88 bits per heavy atom. The second-order valence-corrected chi connectivity index (χ2v) is 5.70. The first-order valence-electron chi connectivity index (χ1n) is 7.32. The van der Waals surface area contributed by atoms with Gasteiger partial charge >= 0.3 is 0 Å². The smallest absolute Gasteiger partial charge is 0.187 e. The van der Waals surface area contributed by atoms with Crippen LogP contribution in [-0.2, 0) is 6.61 Å². The maximum atomic E-state index is 5.86. The van der Waals surface area contributed by atoms with E-state index < -0.39 is 0 Å². The highest BCUT2D eigenvalue weighted by molar-refractivity contribution is 7.80. The van der Waals surface area contributed by atoms with Crippen molar-refractivity contribution in [3.05, 3.63) is 77.3 Å². The van der Waals surface area contributed by atoms with E-state index in [-0.39, 0.29) is 0 Å². The Hall–Kier alpha value is -2.37. The third-order valence-corrected chi connectivity index (χ3v) is 3.47. The highest BCUT2D eigenvalue weighted by Gasteiger charge is 1.97. The van der Waals surface area contributed by atoms with E-state index in [9.17, 15) is 0 Å². The number of hydrazone groups is 1. The van der Waals surface area contributed by atoms with E-state index in [1.54, 1.807) is 12.3 Å². The van der Waals surface area contributed by atoms with Crippen LogP contribution < -0.4 is 15.5 Å². The minimum absolute atomic E-state index is 0.453. The summed E-state index contributed by atoms with van der Waals surface area (Å²) < 4.78 is 5.73. The van der Waals surface area contributed by atoms with Gasteiger partial charge in [-0.2, -0.15) is 5.10 Å². The molecule has 2 aromatic carbocycles. The monoisotopic (exact) mass is 359 g/mol. The summed E-state index contributed by atoms with van der Waals surface area (Å²) in [4.78, 5) is 0. The van der Waals surface area contributed by atoms with Gasteiger partial charge in [-0.3, -0.25) is 5.43 Å². The van der Waals surface area contributed by atoms with E-state index in [1.165, 1.54) is 0 Å². The van der Waals surface area contributed by atoms with Crippen molar-refractivity contribution < 1.29 is 4.74 Å². The molecule has 0 unspecified atom stereocenters. The van der Waals surface area contributed by atoms with Gasteiger partial charge in [0.25, 0.3) is 0 Å². The summed E-state index contributed by atoms with van der Waals surface area (Å²) in [7, 11) is 0. The van der Waals surface area contributed by atoms with Crippen molar-refractivity contribution in [2.75, 3.05) is 6.54 Å². The van der Waals surface area contributed by atoms with Crippen molar-refractivity contribution in [2.24, 2.45) is 5.10 Å². The molecule has 6 heteroatoms. The van der Waals surface area contributed by atoms with Gasteiger partial charge < -0.3 is 10.1 Å². The first-order valence-corrected chi connectivity index (χ1v) is 8.11. The van der Waals surface area contributed by atoms with Crippen LogP contribution in [0.1, 0.15) is 11.1 Å². The molecule has 0 amide bonds. The average molecular weight is 360 g/mol. The maximum Gasteiger partial charge on any atom is 0.187 e. The van der Waals surface area contributed by atoms with Crippen LogP contribution in [0.25, 0.3) is 0 Å². The van der Waals surface area contributed by atoms with Crippen LogP contribution in [0.4, 0.5) is 0 Å². The average Bonchev–Trinajstić information content (AvgIpc) is 2.60. The van der Waals surface area contributed by atoms with Crippen LogP contribution in [0, 0.1) is 0 Å². The molecule has 0 bridgehead atoms. The van der Waals surface area contributed by atoms with E-state index in [0.717, 1.165) is 21.9 Å². The molecule has 24 heavy (non-hydrogen) atoms. The molecule has 4 nitrogen and oxygen atoms in total. The quantitative estimate of drug-likeness (QED) is 0.340. The molecular formula is C18H18ClN3OS. The van der Waals surface area contributed by atoms with Crippen molar-refractivity contribution in [1.29, 1.82) is 0 Å². The summed E-state index contributed by atoms with van der Waals surface area (Å²) in [6.45, 7) is 4.69. The summed E-state index contributed by atoms with van der Waals surface area (Å²) in [5.41, 5.74) is 4.73. The summed E-state index contributed by atoms with van der Waals surface area (Å²) in [5.74, 6) is 0.790. The molecule has 0 aliphatic heterocycles. The van der Waals surface area contributed by atoms with Crippen molar-refractivity contribution in [3.63, 3.8) is 0 Å². The molecule has 124 valence electrons. The highest BCUT2D eigenvalue weighted by atomic mass is 35.5. The van der Waals surface area contributed by atoms with Gasteiger partial charge in [-0.25, -0.2) is 0 Å². The Balaban J connectivity index is 1.80. The molecule has 2 rings (SSSR count). The van der Waals surface area contributed by atoms with E-state index in [0.29, 0.717) is 18.3 Å². The topological polar surface area (TPSA) is 45.7 Å². The van der Waals surface area contributed by atoms with E-state index in [2.05, 4.69) is 22.4 Å². The molecule has 0 spiro atoms. The Morgan fingerprint density at radius 3 is 2.54 bits per heavy atom. The standard InChI is InChI=1S/C18H18ClN3OS/c1-2-11-20-18(24)22-21-12-14-5-9-17(10-6-14)23-13-15-3-7-16(19)8-4-15/h2-10,12H,1,11,13H2,(H2,20,22,24). The molecular weight excluding hydrogens is 342 g/mol. The van der Waals surface area contributed by atoms with Crippen LogP contribution in [0.5, 0.6) is 5.75 Å². The molecule has 2 aromatic rings. The molecule has 0 aliphatic carbocycles. The normalized spacial score (nSPS) is 10.4. The van der Waals surface area contributed by atoms with Crippen LogP contribution in [0.2, 0.25) is 5.02 Å². The van der Waals surface area contributed by atoms with Gasteiger partial charge in [0.15, 0.2) is 5.11 Å². The Labute approximate surface area is 152 Å². The number of nitrogens with zero attached hydrogens (tertiary/aromatic N) is 1. The number of ether oxygens (including phenoxy) is 1. The molecule has 0 fully saturated rings. The zero-order valence-electron chi connectivity index (χ0n) is 13.0. The summed E-state index contributed by atoms with van der Waals surface area (Å²) in [5, 5.41) is 8.15. The van der Waals surface area contributed by atoms with Crippen LogP contribution in [0.3, 0.4) is 0 Å². The number of benzene rings is 2. The zero-order valence-corrected chi connectivity index (χ0v) is 14.6. The van der Waals surface area contributed by atoms with Crippen molar-refractivity contribution >= 4 is 35.1 Å². The minimum atomic E-state index is 0.453. The fourth-order valence-corrected chi connectivity index (χ4v) is 2.03. The number of nitrogens with one attached hydrogen (secondary N) is 2. The Bertz CT molecular complexity index is 699. The molecule has 0 aliphatic rings. The lowest BCUT2D eigenvalue weighted by Crippen LogP contribution is -2.31. The third kappa shape index (κ3) is 6.40. The molecule has 2 N–H and O–H groups in total. The largest absolute Gasteiger partial charge is 0.489 e. The van der Waals surface area contributed by atoms with Crippen LogP contribution in [-0.4, -0.2) is 17.9 Å². The van der Waals surface area contributed by atoms with E-state index in [1.807, 2.05) is 48.5 Å². The number of hydrogen-bond donors (Lipinski definition) is 2. The number of halogens is 1. The fourth-order valence-electron chi connectivity index (χ4n) is 1.77. The summed E-state index contributed by atoms with van der Waals surface area (Å²) in [6, 6.07) is 15.2. The van der Waals surface area contributed by atoms with Gasteiger partial charge in [0.05, 0.1) is 6.21 Å². The minimum Gasteiger partial charge on any atom is -0.489 e. The van der Waals surface area contributed by atoms with Crippen LogP contribution in [0.15, 0.2) is 66.3 Å². The predicted molar refractivity (Wildman–Crippen MR) is 104 cm³/mol. The predicted octanol–water partition coefficient (Wildman–Crippen LogP) is 3.90. The van der Waals surface area contributed by atoms with E-state index in [4.69, 9.17) is 28.6 Å². The second-order valence-electron chi connectivity index (χ2n) is 4.85. The summed E-state index contributed by atoms with van der Waals surface area (Å²) >= 11 is 10.9. The molecule has 0 aromatic heterocycles. The van der Waals surface area contributed by atoms with Gasteiger partial charge in [-0.1, -0.05) is 29.8 Å². The van der Waals surface area contributed by atoms with Gasteiger partial charge in [0.1, 0.15) is 12.4 Å². The molecule has 0 atom stereocenters. The molecule has 0 saturated heterocycles. The molecule has 0 radical (unpaired) electrons. The van der Waals surface area contributed by atoms with Gasteiger partial charge in [-0.05, 0) is 59.7 Å². The molecule has 0 heterocycles. The zero-order chi connectivity index (χ0) is 17.2. The lowest BCUT2D eigenvalue weighted by atomic mass is 10.2. The second kappa shape index (κ2) is 9.70. The lowest BCUT2D eigenvalue weighted by molar-refractivity contribution is 0.306. The maximum absolute atomic E-state index is 5.86. The third-order valence-electron chi connectivity index (χ3n) is 2.99. The summed E-state index contributed by atoms with van der Waals surface area (Å²) in [6.07, 6.45) is 3.41. The van der Waals surface area contributed by atoms with Crippen molar-refractivity contribution in [2.45, 2.75) is 6.61 Å². The van der Waals surface area contributed by atoms with Crippen molar-refractivity contribution in [3.8, 4) is 5.75 Å².